The molecule has 5 nitrogen and oxygen atoms in total. The number of fused-ring (bicyclic) bond motifs is 1. The number of nitrogens with zero attached hydrogens (tertiary/aromatic N) is 3. The van der Waals surface area contributed by atoms with Crippen LogP contribution in [0.3, 0.4) is 0 Å². The van der Waals surface area contributed by atoms with Crippen LogP contribution in [-0.2, 0) is 7.05 Å². The van der Waals surface area contributed by atoms with Crippen LogP contribution in [0.15, 0.2) is 12.3 Å². The van der Waals surface area contributed by atoms with Gasteiger partial charge in [-0.15, -0.1) is 0 Å². The summed E-state index contributed by atoms with van der Waals surface area (Å²) in [6.45, 7) is 4.02. The second kappa shape index (κ2) is 3.59. The lowest BCUT2D eigenvalue weighted by Crippen LogP contribution is -2.03. The van der Waals surface area contributed by atoms with Crippen molar-refractivity contribution in [3.63, 3.8) is 0 Å². The highest BCUT2D eigenvalue weighted by Gasteiger charge is 2.19. The van der Waals surface area contributed by atoms with Crippen molar-refractivity contribution in [2.45, 2.75) is 19.8 Å². The number of carboxylic acids is 1. The predicted molar refractivity (Wildman–Crippen MR) is 59.6 cm³/mol. The van der Waals surface area contributed by atoms with Crippen LogP contribution in [-0.4, -0.2) is 25.8 Å². The third-order valence-electron chi connectivity index (χ3n) is 2.56. The number of pyridine rings is 1. The Morgan fingerprint density at radius 1 is 1.50 bits per heavy atom. The Morgan fingerprint density at radius 3 is 2.75 bits per heavy atom. The monoisotopic (exact) mass is 219 g/mol. The molecule has 16 heavy (non-hydrogen) atoms. The first kappa shape index (κ1) is 10.6. The Labute approximate surface area is 92.7 Å². The average molecular weight is 219 g/mol. The number of carbonyl (C=O) groups is 1. The fraction of sp³-hybridized carbons (Fsp3) is 0.364. The maximum atomic E-state index is 11.1. The van der Waals surface area contributed by atoms with E-state index in [1.54, 1.807) is 4.68 Å². The van der Waals surface area contributed by atoms with Crippen LogP contribution in [0.25, 0.3) is 11.0 Å². The molecule has 0 unspecified atom stereocenters. The minimum Gasteiger partial charge on any atom is -0.478 e. The van der Waals surface area contributed by atoms with Crippen LogP contribution in [0, 0.1) is 0 Å². The van der Waals surface area contributed by atoms with Crippen molar-refractivity contribution in [2.24, 2.45) is 7.05 Å². The van der Waals surface area contributed by atoms with Gasteiger partial charge >= 0.3 is 5.97 Å². The number of aryl methyl sites for hydroxylation is 1. The topological polar surface area (TPSA) is 68.0 Å². The minimum atomic E-state index is -0.942. The molecule has 1 N–H and O–H groups in total. The predicted octanol–water partition coefficient (Wildman–Crippen LogP) is 1.79. The number of carboxylic acid groups (broad SMARTS) is 1. The summed E-state index contributed by atoms with van der Waals surface area (Å²) in [5.41, 5.74) is 1.66. The molecule has 0 bridgehead atoms. The van der Waals surface area contributed by atoms with E-state index >= 15 is 0 Å². The maximum Gasteiger partial charge on any atom is 0.336 e. The molecular formula is C11H13N3O2. The smallest absolute Gasteiger partial charge is 0.336 e. The molecule has 0 saturated carbocycles. The van der Waals surface area contributed by atoms with Crippen LogP contribution >= 0.6 is 0 Å². The summed E-state index contributed by atoms with van der Waals surface area (Å²) in [4.78, 5) is 15.2. The van der Waals surface area contributed by atoms with E-state index < -0.39 is 5.97 Å². The molecule has 0 aromatic carbocycles. The van der Waals surface area contributed by atoms with Crippen LogP contribution in [0.2, 0.25) is 0 Å². The highest BCUT2D eigenvalue weighted by Crippen LogP contribution is 2.26. The third-order valence-corrected chi connectivity index (χ3v) is 2.56. The Kier molecular flexibility index (Phi) is 2.38. The first-order valence-corrected chi connectivity index (χ1v) is 5.07. The molecule has 0 atom stereocenters. The number of rotatable bonds is 2. The first-order chi connectivity index (χ1) is 7.52. The molecule has 0 amide bonds. The zero-order valence-corrected chi connectivity index (χ0v) is 9.43. The summed E-state index contributed by atoms with van der Waals surface area (Å²) in [6.07, 6.45) is 1.48. The normalized spacial score (nSPS) is 11.2. The molecule has 2 aromatic heterocycles. The van der Waals surface area contributed by atoms with Crippen molar-refractivity contribution < 1.29 is 9.90 Å². The van der Waals surface area contributed by atoms with Crippen molar-refractivity contribution in [1.82, 2.24) is 14.8 Å². The summed E-state index contributed by atoms with van der Waals surface area (Å²) in [5, 5.41) is 14.0. The van der Waals surface area contributed by atoms with E-state index in [4.69, 9.17) is 5.11 Å². The van der Waals surface area contributed by atoms with E-state index in [1.165, 1.54) is 12.3 Å². The molecule has 2 rings (SSSR count). The zero-order valence-electron chi connectivity index (χ0n) is 9.43. The fourth-order valence-electron chi connectivity index (χ4n) is 1.98. The fourth-order valence-corrected chi connectivity index (χ4v) is 1.98. The molecule has 84 valence electrons. The van der Waals surface area contributed by atoms with Gasteiger partial charge in [-0.2, -0.15) is 5.10 Å². The molecule has 0 spiro atoms. The van der Waals surface area contributed by atoms with E-state index in [9.17, 15) is 4.79 Å². The van der Waals surface area contributed by atoms with Crippen LogP contribution in [0.1, 0.15) is 35.8 Å². The lowest BCUT2D eigenvalue weighted by molar-refractivity contribution is 0.0699. The second-order valence-corrected chi connectivity index (χ2v) is 4.03. The van der Waals surface area contributed by atoms with E-state index in [0.717, 1.165) is 5.69 Å². The van der Waals surface area contributed by atoms with Gasteiger partial charge in [0.25, 0.3) is 0 Å². The van der Waals surface area contributed by atoms with Gasteiger partial charge in [-0.3, -0.25) is 4.68 Å². The van der Waals surface area contributed by atoms with Gasteiger partial charge in [0.2, 0.25) is 0 Å². The third kappa shape index (κ3) is 1.44. The van der Waals surface area contributed by atoms with E-state index in [0.29, 0.717) is 11.0 Å². The zero-order chi connectivity index (χ0) is 11.9. The first-order valence-electron chi connectivity index (χ1n) is 5.07. The standard InChI is InChI=1S/C11H13N3O2/c1-6(2)9-8-7(11(15)16)4-5-12-10(8)13-14(9)3/h4-6H,1-3H3,(H,15,16). The second-order valence-electron chi connectivity index (χ2n) is 4.03. The highest BCUT2D eigenvalue weighted by molar-refractivity contribution is 6.02. The Hall–Kier alpha value is -1.91. The van der Waals surface area contributed by atoms with Gasteiger partial charge < -0.3 is 5.11 Å². The molecule has 0 fully saturated rings. The van der Waals surface area contributed by atoms with Gasteiger partial charge in [0.05, 0.1) is 16.6 Å². The van der Waals surface area contributed by atoms with E-state index in [-0.39, 0.29) is 11.5 Å². The van der Waals surface area contributed by atoms with Crippen molar-refractivity contribution in [1.29, 1.82) is 0 Å². The van der Waals surface area contributed by atoms with Gasteiger partial charge in [0.15, 0.2) is 5.65 Å². The molecule has 0 aliphatic carbocycles. The quantitative estimate of drug-likeness (QED) is 0.836. The number of hydrogen-bond acceptors (Lipinski definition) is 3. The highest BCUT2D eigenvalue weighted by atomic mass is 16.4. The molecule has 0 saturated heterocycles. The summed E-state index contributed by atoms with van der Waals surface area (Å²) >= 11 is 0. The van der Waals surface area contributed by atoms with Gasteiger partial charge in [-0.1, -0.05) is 13.8 Å². The minimum absolute atomic E-state index is 0.206. The van der Waals surface area contributed by atoms with Gasteiger partial charge in [0, 0.05) is 13.2 Å². The van der Waals surface area contributed by atoms with Crippen molar-refractivity contribution in [3.8, 4) is 0 Å². The molecular weight excluding hydrogens is 206 g/mol. The molecule has 0 aliphatic heterocycles. The van der Waals surface area contributed by atoms with E-state index in [1.807, 2.05) is 20.9 Å². The van der Waals surface area contributed by atoms with Crippen molar-refractivity contribution >= 4 is 17.0 Å². The SMILES string of the molecule is CC(C)c1c2c(C(=O)O)ccnc2nn1C. The number of aromatic nitrogens is 3. The average Bonchev–Trinajstić information content (AvgIpc) is 2.52. The molecule has 2 heterocycles. The lowest BCUT2D eigenvalue weighted by Gasteiger charge is -2.06. The summed E-state index contributed by atoms with van der Waals surface area (Å²) in [5.74, 6) is -0.736. The lowest BCUT2D eigenvalue weighted by atomic mass is 10.0. The maximum absolute atomic E-state index is 11.1. The van der Waals surface area contributed by atoms with Crippen molar-refractivity contribution in [2.75, 3.05) is 0 Å². The summed E-state index contributed by atoms with van der Waals surface area (Å²) in [6, 6.07) is 1.51. The Balaban J connectivity index is 2.88. The Bertz CT molecular complexity index is 558. The van der Waals surface area contributed by atoms with Gasteiger partial charge in [0.1, 0.15) is 0 Å². The summed E-state index contributed by atoms with van der Waals surface area (Å²) < 4.78 is 1.70. The number of hydrogen-bond donors (Lipinski definition) is 1. The van der Waals surface area contributed by atoms with Crippen LogP contribution in [0.5, 0.6) is 0 Å². The largest absolute Gasteiger partial charge is 0.478 e. The molecule has 0 aliphatic rings. The van der Waals surface area contributed by atoms with E-state index in [2.05, 4.69) is 10.1 Å². The molecule has 5 heteroatoms. The molecule has 0 radical (unpaired) electrons. The molecule has 2 aromatic rings. The van der Waals surface area contributed by atoms with Gasteiger partial charge in [-0.25, -0.2) is 9.78 Å². The number of aromatic carboxylic acids is 1. The van der Waals surface area contributed by atoms with Crippen molar-refractivity contribution in [3.05, 3.63) is 23.5 Å². The summed E-state index contributed by atoms with van der Waals surface area (Å²) in [7, 11) is 1.81. The Morgan fingerprint density at radius 2 is 2.19 bits per heavy atom. The van der Waals surface area contributed by atoms with Gasteiger partial charge in [-0.05, 0) is 12.0 Å². The van der Waals surface area contributed by atoms with Crippen LogP contribution < -0.4 is 0 Å². The van der Waals surface area contributed by atoms with Crippen LogP contribution in [0.4, 0.5) is 0 Å².